The number of nitrogens with two attached hydrogens (primary N) is 1. The Balaban J connectivity index is 3.14. The van der Waals surface area contributed by atoms with Gasteiger partial charge in [0.1, 0.15) is 23.5 Å². The second kappa shape index (κ2) is 8.24. The minimum absolute atomic E-state index is 0.217. The van der Waals surface area contributed by atoms with Gasteiger partial charge in [0.05, 0.1) is 18.3 Å². The zero-order chi connectivity index (χ0) is 16.9. The first-order valence-electron chi connectivity index (χ1n) is 6.25. The van der Waals surface area contributed by atoms with Gasteiger partial charge in [-0.1, -0.05) is 24.4 Å². The lowest BCUT2D eigenvalue weighted by Crippen LogP contribution is -2.65. The van der Waals surface area contributed by atoms with Crippen LogP contribution in [0.3, 0.4) is 0 Å². The van der Waals surface area contributed by atoms with Gasteiger partial charge in [0.2, 0.25) is 0 Å². The minimum atomic E-state index is -2.48. The Morgan fingerprint density at radius 1 is 1.45 bits per heavy atom. The van der Waals surface area contributed by atoms with Crippen molar-refractivity contribution >= 4 is 51.8 Å². The van der Waals surface area contributed by atoms with Crippen LogP contribution in [0.4, 0.5) is 5.69 Å². The number of para-hydroxylation sites is 1. The molecule has 0 aliphatic carbocycles. The smallest absolute Gasteiger partial charge is 0.170 e. The molecule has 0 saturated heterocycles. The van der Waals surface area contributed by atoms with E-state index in [2.05, 4.69) is 5.32 Å². The van der Waals surface area contributed by atoms with Gasteiger partial charge in [0.25, 0.3) is 0 Å². The molecule has 0 aliphatic rings. The molecule has 4 atom stereocenters. The Hall–Kier alpha value is -0.690. The fourth-order valence-electron chi connectivity index (χ4n) is 1.77. The van der Waals surface area contributed by atoms with E-state index in [1.165, 1.54) is 0 Å². The summed E-state index contributed by atoms with van der Waals surface area (Å²) in [4.78, 5) is 10.4. The Bertz CT molecular complexity index is 547. The average Bonchev–Trinajstić information content (AvgIpc) is 2.53. The number of carbonyl (C=O) groups excluding carboxylic acids is 1. The monoisotopic (exact) mass is 440 g/mol. The second-order valence-electron chi connectivity index (χ2n) is 4.62. The van der Waals surface area contributed by atoms with Crippen LogP contribution in [-0.4, -0.2) is 62.2 Å². The zero-order valence-corrected chi connectivity index (χ0v) is 14.4. The molecule has 0 aliphatic heterocycles. The number of aldehydes is 1. The normalized spacial score (nSPS) is 17.9. The maximum Gasteiger partial charge on any atom is 0.170 e. The fourth-order valence-corrected chi connectivity index (χ4v) is 2.66. The zero-order valence-electron chi connectivity index (χ0n) is 11.4. The molecule has 122 valence electrons. The van der Waals surface area contributed by atoms with Crippen LogP contribution >= 0.6 is 34.8 Å². The summed E-state index contributed by atoms with van der Waals surface area (Å²) in [6.07, 6.45) is -3.50. The molecule has 0 radical (unpaired) electrons. The first-order valence-corrected chi connectivity index (χ1v) is 7.73. The molecule has 9 heteroatoms. The van der Waals surface area contributed by atoms with Crippen LogP contribution in [0.15, 0.2) is 24.3 Å². The Morgan fingerprint density at radius 3 is 2.55 bits per heavy atom. The maximum atomic E-state index is 10.7. The van der Waals surface area contributed by atoms with Gasteiger partial charge < -0.3 is 36.3 Å². The predicted molar refractivity (Wildman–Crippen MR) is 93.5 cm³/mol. The number of hydrogen-bond donors (Lipinski definition) is 6. The van der Waals surface area contributed by atoms with E-state index in [4.69, 9.17) is 23.1 Å². The van der Waals surface area contributed by atoms with E-state index >= 15 is 0 Å². The molecule has 0 bridgehead atoms. The predicted octanol–water partition coefficient (Wildman–Crippen LogP) is -0.998. The molecule has 0 fully saturated rings. The van der Waals surface area contributed by atoms with E-state index in [9.17, 15) is 20.1 Å². The van der Waals surface area contributed by atoms with Crippen molar-refractivity contribution in [2.24, 2.45) is 5.73 Å². The van der Waals surface area contributed by atoms with Gasteiger partial charge in [-0.05, 0) is 34.7 Å². The molecule has 0 amide bonds. The molecule has 7 nitrogen and oxygen atoms in total. The SMILES string of the molecule is N[C@@H](C=O)[C@@H](O)[C@](O)(C(=S)Nc1ccccc1I)[C@H](O)CO. The van der Waals surface area contributed by atoms with Crippen molar-refractivity contribution in [3.05, 3.63) is 27.8 Å². The Kier molecular flexibility index (Phi) is 7.25. The molecular weight excluding hydrogens is 423 g/mol. The molecule has 22 heavy (non-hydrogen) atoms. The lowest BCUT2D eigenvalue weighted by Gasteiger charge is -2.38. The molecule has 0 spiro atoms. The summed E-state index contributed by atoms with van der Waals surface area (Å²) >= 11 is 7.08. The van der Waals surface area contributed by atoms with Gasteiger partial charge in [-0.3, -0.25) is 0 Å². The average molecular weight is 440 g/mol. The van der Waals surface area contributed by atoms with E-state index in [0.717, 1.165) is 3.57 Å². The van der Waals surface area contributed by atoms with Crippen molar-refractivity contribution in [2.75, 3.05) is 11.9 Å². The van der Waals surface area contributed by atoms with Crippen LogP contribution in [0, 0.1) is 3.57 Å². The number of aliphatic hydroxyl groups excluding tert-OH is 3. The molecule has 1 aromatic carbocycles. The molecule has 0 heterocycles. The molecule has 0 aromatic heterocycles. The molecule has 7 N–H and O–H groups in total. The summed E-state index contributed by atoms with van der Waals surface area (Å²) in [6, 6.07) is 5.48. The highest BCUT2D eigenvalue weighted by Gasteiger charge is 2.49. The topological polar surface area (TPSA) is 136 Å². The lowest BCUT2D eigenvalue weighted by molar-refractivity contribution is -0.131. The van der Waals surface area contributed by atoms with Crippen LogP contribution in [0.25, 0.3) is 0 Å². The van der Waals surface area contributed by atoms with Crippen molar-refractivity contribution in [1.29, 1.82) is 0 Å². The minimum Gasteiger partial charge on any atom is -0.394 e. The number of carbonyl (C=O) groups is 1. The number of rotatable bonds is 7. The van der Waals surface area contributed by atoms with E-state index in [-0.39, 0.29) is 11.3 Å². The van der Waals surface area contributed by atoms with Crippen LogP contribution < -0.4 is 11.1 Å². The van der Waals surface area contributed by atoms with Gasteiger partial charge in [-0.25, -0.2) is 0 Å². The third kappa shape index (κ3) is 3.98. The molecule has 0 unspecified atom stereocenters. The van der Waals surface area contributed by atoms with Gasteiger partial charge in [-0.2, -0.15) is 0 Å². The first-order chi connectivity index (χ1) is 10.3. The quantitative estimate of drug-likeness (QED) is 0.181. The van der Waals surface area contributed by atoms with E-state index in [1.807, 2.05) is 22.6 Å². The third-order valence-electron chi connectivity index (χ3n) is 3.14. The van der Waals surface area contributed by atoms with Gasteiger partial charge in [0, 0.05) is 3.57 Å². The fraction of sp³-hybridized carbons (Fsp3) is 0.385. The summed E-state index contributed by atoms with van der Waals surface area (Å²) in [7, 11) is 0. The number of nitrogens with one attached hydrogen (secondary N) is 1. The Labute approximate surface area is 146 Å². The van der Waals surface area contributed by atoms with Crippen LogP contribution in [0.1, 0.15) is 0 Å². The van der Waals surface area contributed by atoms with Gasteiger partial charge in [-0.15, -0.1) is 0 Å². The van der Waals surface area contributed by atoms with E-state index in [1.54, 1.807) is 24.3 Å². The Morgan fingerprint density at radius 2 is 2.05 bits per heavy atom. The number of halogens is 1. The van der Waals surface area contributed by atoms with Crippen LogP contribution in [-0.2, 0) is 4.79 Å². The summed E-state index contributed by atoms with van der Waals surface area (Å²) in [6.45, 7) is -0.882. The van der Waals surface area contributed by atoms with Gasteiger partial charge in [0.15, 0.2) is 5.60 Å². The number of benzene rings is 1. The molecule has 1 aromatic rings. The van der Waals surface area contributed by atoms with Crippen molar-refractivity contribution < 1.29 is 25.2 Å². The number of anilines is 1. The lowest BCUT2D eigenvalue weighted by atomic mass is 9.86. The molecule has 1 rings (SSSR count). The summed E-state index contributed by atoms with van der Waals surface area (Å²) < 4.78 is 0.775. The molecular formula is C13H17IN2O5S. The summed E-state index contributed by atoms with van der Waals surface area (Å²) in [5.41, 5.74) is 3.44. The number of thiocarbonyl (C=S) groups is 1. The van der Waals surface area contributed by atoms with E-state index < -0.39 is 30.5 Å². The van der Waals surface area contributed by atoms with Crippen molar-refractivity contribution in [1.82, 2.24) is 0 Å². The van der Waals surface area contributed by atoms with Crippen LogP contribution in [0.5, 0.6) is 0 Å². The number of hydrogen-bond acceptors (Lipinski definition) is 7. The van der Waals surface area contributed by atoms with Crippen molar-refractivity contribution in [3.63, 3.8) is 0 Å². The highest BCUT2D eigenvalue weighted by molar-refractivity contribution is 14.1. The largest absolute Gasteiger partial charge is 0.394 e. The van der Waals surface area contributed by atoms with Gasteiger partial charge >= 0.3 is 0 Å². The van der Waals surface area contributed by atoms with Crippen molar-refractivity contribution in [3.8, 4) is 0 Å². The highest BCUT2D eigenvalue weighted by atomic mass is 127. The summed E-state index contributed by atoms with van der Waals surface area (Å²) in [5, 5.41) is 42.3. The van der Waals surface area contributed by atoms with Crippen LogP contribution in [0.2, 0.25) is 0 Å². The molecule has 0 saturated carbocycles. The summed E-state index contributed by atoms with van der Waals surface area (Å²) in [5.74, 6) is 0. The number of aliphatic hydroxyl groups is 4. The van der Waals surface area contributed by atoms with E-state index in [0.29, 0.717) is 5.69 Å². The standard InChI is InChI=1S/C13H17IN2O5S/c14-7-3-1-2-4-9(7)16-12(22)13(21,10(19)6-18)11(20)8(15)5-17/h1-5,8,10-11,18-21H,6,15H2,(H,16,22)/t8-,10+,11+,13-/m0/s1. The van der Waals surface area contributed by atoms with Crippen molar-refractivity contribution in [2.45, 2.75) is 23.9 Å². The maximum absolute atomic E-state index is 10.7. The highest BCUT2D eigenvalue weighted by Crippen LogP contribution is 2.24. The second-order valence-corrected chi connectivity index (χ2v) is 6.19. The third-order valence-corrected chi connectivity index (χ3v) is 4.51. The first kappa shape index (κ1) is 19.4.